The average Bonchev–Trinajstić information content (AvgIpc) is 3.32. The molecule has 1 amide bonds. The van der Waals surface area contributed by atoms with Crippen molar-refractivity contribution in [3.05, 3.63) is 40.6 Å². The Bertz CT molecular complexity index is 1020. The summed E-state index contributed by atoms with van der Waals surface area (Å²) in [5.41, 5.74) is 4.31. The summed E-state index contributed by atoms with van der Waals surface area (Å²) in [5, 5.41) is 7.52. The lowest BCUT2D eigenvalue weighted by Crippen LogP contribution is -2.17. The number of benzene rings is 1. The zero-order valence-corrected chi connectivity index (χ0v) is 17.3. The number of carbonyl (C=O) groups is 1. The van der Waals surface area contributed by atoms with Crippen LogP contribution in [-0.2, 0) is 26.1 Å². The standard InChI is InChI=1S/C21H27N3O3S/c1-14-7-9-17(11-15(14)2)24-21(18-12-28(26,27)13-19(18)23-24)22-20(25)10-8-16-5-3-4-6-16/h7,9,11,16H,3-6,8,10,12-13H2,1-2H3,(H,22,25). The van der Waals surface area contributed by atoms with Crippen LogP contribution < -0.4 is 5.32 Å². The summed E-state index contributed by atoms with van der Waals surface area (Å²) >= 11 is 0. The molecule has 6 nitrogen and oxygen atoms in total. The highest BCUT2D eigenvalue weighted by Crippen LogP contribution is 2.34. The van der Waals surface area contributed by atoms with Crippen molar-refractivity contribution in [2.75, 3.05) is 5.32 Å². The third kappa shape index (κ3) is 3.85. The molecule has 2 aliphatic rings. The Hall–Kier alpha value is -2.15. The number of hydrogen-bond acceptors (Lipinski definition) is 4. The predicted molar refractivity (Wildman–Crippen MR) is 109 cm³/mol. The lowest BCUT2D eigenvalue weighted by molar-refractivity contribution is -0.116. The molecule has 1 N–H and O–H groups in total. The second kappa shape index (κ2) is 7.35. The molecular formula is C21H27N3O3S. The van der Waals surface area contributed by atoms with Gasteiger partial charge >= 0.3 is 0 Å². The molecular weight excluding hydrogens is 374 g/mol. The van der Waals surface area contributed by atoms with E-state index >= 15 is 0 Å². The molecule has 28 heavy (non-hydrogen) atoms. The van der Waals surface area contributed by atoms with Gasteiger partial charge in [0.25, 0.3) is 0 Å². The SMILES string of the molecule is Cc1ccc(-n2nc3c(c2NC(=O)CCC2CCCC2)CS(=O)(=O)C3)cc1C. The number of aromatic nitrogens is 2. The number of nitrogens with one attached hydrogen (secondary N) is 1. The van der Waals surface area contributed by atoms with Crippen molar-refractivity contribution in [3.8, 4) is 5.69 Å². The first-order valence-electron chi connectivity index (χ1n) is 10.0. The summed E-state index contributed by atoms with van der Waals surface area (Å²) in [6, 6.07) is 5.98. The largest absolute Gasteiger partial charge is 0.310 e. The van der Waals surface area contributed by atoms with Crippen LogP contribution in [0.3, 0.4) is 0 Å². The van der Waals surface area contributed by atoms with Gasteiger partial charge in [0, 0.05) is 12.0 Å². The molecule has 0 saturated heterocycles. The smallest absolute Gasteiger partial charge is 0.225 e. The molecule has 1 aromatic heterocycles. The normalized spacial score (nSPS) is 18.4. The van der Waals surface area contributed by atoms with Crippen LogP contribution in [0.15, 0.2) is 18.2 Å². The molecule has 0 bridgehead atoms. The maximum atomic E-state index is 12.6. The second-order valence-corrected chi connectivity index (χ2v) is 10.3. The molecule has 0 atom stereocenters. The summed E-state index contributed by atoms with van der Waals surface area (Å²) in [6.45, 7) is 4.07. The number of anilines is 1. The highest BCUT2D eigenvalue weighted by atomic mass is 32.2. The van der Waals surface area contributed by atoms with Crippen molar-refractivity contribution in [1.29, 1.82) is 0 Å². The minimum Gasteiger partial charge on any atom is -0.310 e. The maximum Gasteiger partial charge on any atom is 0.225 e. The predicted octanol–water partition coefficient (Wildman–Crippen LogP) is 3.83. The molecule has 7 heteroatoms. The van der Waals surface area contributed by atoms with E-state index < -0.39 is 9.84 Å². The molecule has 1 aromatic carbocycles. The molecule has 0 spiro atoms. The molecule has 4 rings (SSSR count). The van der Waals surface area contributed by atoms with Gasteiger partial charge in [-0.25, -0.2) is 13.1 Å². The van der Waals surface area contributed by atoms with Crippen LogP contribution in [0.25, 0.3) is 5.69 Å². The second-order valence-electron chi connectivity index (χ2n) is 8.22. The summed E-state index contributed by atoms with van der Waals surface area (Å²) < 4.78 is 25.8. The number of aryl methyl sites for hydroxylation is 2. The zero-order valence-electron chi connectivity index (χ0n) is 16.5. The Morgan fingerprint density at radius 1 is 1.18 bits per heavy atom. The third-order valence-electron chi connectivity index (χ3n) is 6.03. The van der Waals surface area contributed by atoms with Crippen LogP contribution in [0.2, 0.25) is 0 Å². The first-order valence-corrected chi connectivity index (χ1v) is 11.8. The average molecular weight is 402 g/mol. The van der Waals surface area contributed by atoms with Gasteiger partial charge in [-0.05, 0) is 49.4 Å². The number of hydrogen-bond donors (Lipinski definition) is 1. The third-order valence-corrected chi connectivity index (χ3v) is 7.48. The Morgan fingerprint density at radius 2 is 1.93 bits per heavy atom. The van der Waals surface area contributed by atoms with Crippen LogP contribution >= 0.6 is 0 Å². The first kappa shape index (κ1) is 19.2. The van der Waals surface area contributed by atoms with Crippen LogP contribution in [0.1, 0.15) is 60.9 Å². The summed E-state index contributed by atoms with van der Waals surface area (Å²) in [7, 11) is -3.19. The van der Waals surface area contributed by atoms with Gasteiger partial charge < -0.3 is 5.32 Å². The summed E-state index contributed by atoms with van der Waals surface area (Å²) in [6.07, 6.45) is 6.30. The lowest BCUT2D eigenvalue weighted by atomic mass is 10.0. The van der Waals surface area contributed by atoms with E-state index in [1.54, 1.807) is 4.68 Å². The van der Waals surface area contributed by atoms with E-state index in [1.807, 2.05) is 32.0 Å². The van der Waals surface area contributed by atoms with Crippen LogP contribution in [0.4, 0.5) is 5.82 Å². The highest BCUT2D eigenvalue weighted by molar-refractivity contribution is 7.90. The number of nitrogens with zero attached hydrogens (tertiary/aromatic N) is 2. The summed E-state index contributed by atoms with van der Waals surface area (Å²) in [5.74, 6) is 0.956. The monoisotopic (exact) mass is 401 g/mol. The molecule has 2 heterocycles. The minimum absolute atomic E-state index is 0.0641. The Morgan fingerprint density at radius 3 is 2.64 bits per heavy atom. The van der Waals surface area contributed by atoms with E-state index in [0.29, 0.717) is 29.4 Å². The van der Waals surface area contributed by atoms with Gasteiger partial charge in [0.15, 0.2) is 9.84 Å². The van der Waals surface area contributed by atoms with Crippen molar-refractivity contribution >= 4 is 21.6 Å². The molecule has 1 fully saturated rings. The highest BCUT2D eigenvalue weighted by Gasteiger charge is 2.33. The van der Waals surface area contributed by atoms with Crippen molar-refractivity contribution in [3.63, 3.8) is 0 Å². The molecule has 1 aliphatic heterocycles. The van der Waals surface area contributed by atoms with E-state index in [-0.39, 0.29) is 17.4 Å². The zero-order chi connectivity index (χ0) is 19.9. The molecule has 2 aromatic rings. The van der Waals surface area contributed by atoms with Gasteiger partial charge in [-0.1, -0.05) is 31.7 Å². The number of sulfone groups is 1. The maximum absolute atomic E-state index is 12.6. The molecule has 1 aliphatic carbocycles. The fourth-order valence-electron chi connectivity index (χ4n) is 4.24. The van der Waals surface area contributed by atoms with Gasteiger partial charge in [0.1, 0.15) is 5.82 Å². The van der Waals surface area contributed by atoms with Gasteiger partial charge in [-0.2, -0.15) is 5.10 Å². The van der Waals surface area contributed by atoms with Crippen molar-refractivity contribution in [2.24, 2.45) is 5.92 Å². The van der Waals surface area contributed by atoms with Crippen LogP contribution in [0, 0.1) is 19.8 Å². The van der Waals surface area contributed by atoms with Gasteiger partial charge in [-0.15, -0.1) is 0 Å². The fraction of sp³-hybridized carbons (Fsp3) is 0.524. The minimum atomic E-state index is -3.19. The van der Waals surface area contributed by atoms with Crippen LogP contribution in [-0.4, -0.2) is 24.1 Å². The Kier molecular flexibility index (Phi) is 5.04. The molecule has 0 unspecified atom stereocenters. The van der Waals surface area contributed by atoms with E-state index in [9.17, 15) is 13.2 Å². The molecule has 0 radical (unpaired) electrons. The molecule has 1 saturated carbocycles. The summed E-state index contributed by atoms with van der Waals surface area (Å²) in [4.78, 5) is 12.6. The van der Waals surface area contributed by atoms with E-state index in [1.165, 1.54) is 31.2 Å². The van der Waals surface area contributed by atoms with Crippen molar-refractivity contribution in [2.45, 2.75) is 63.9 Å². The topological polar surface area (TPSA) is 81.1 Å². The number of rotatable bonds is 5. The number of fused-ring (bicyclic) bond motifs is 1. The fourth-order valence-corrected chi connectivity index (χ4v) is 5.74. The number of carbonyl (C=O) groups excluding carboxylic acids is 1. The van der Waals surface area contributed by atoms with E-state index in [2.05, 4.69) is 10.4 Å². The van der Waals surface area contributed by atoms with Crippen LogP contribution in [0.5, 0.6) is 0 Å². The lowest BCUT2D eigenvalue weighted by Gasteiger charge is -2.13. The van der Waals surface area contributed by atoms with Gasteiger partial charge in [0.05, 0.1) is 22.9 Å². The Labute approximate surface area is 166 Å². The van der Waals surface area contributed by atoms with Crippen molar-refractivity contribution in [1.82, 2.24) is 9.78 Å². The Balaban J connectivity index is 1.62. The quantitative estimate of drug-likeness (QED) is 0.826. The van der Waals surface area contributed by atoms with Crippen molar-refractivity contribution < 1.29 is 13.2 Å². The first-order chi connectivity index (χ1) is 13.3. The van der Waals surface area contributed by atoms with Gasteiger partial charge in [0.2, 0.25) is 5.91 Å². The number of amides is 1. The van der Waals surface area contributed by atoms with Gasteiger partial charge in [-0.3, -0.25) is 4.79 Å². The molecule has 150 valence electrons. The van der Waals surface area contributed by atoms with E-state index in [4.69, 9.17) is 0 Å². The van der Waals surface area contributed by atoms with E-state index in [0.717, 1.165) is 17.7 Å².